The van der Waals surface area contributed by atoms with E-state index in [4.69, 9.17) is 5.73 Å². The fraction of sp³-hybridized carbons (Fsp3) is 0.556. The number of nitrogens with two attached hydrogens (primary N) is 1. The van der Waals surface area contributed by atoms with Crippen molar-refractivity contribution in [1.29, 1.82) is 0 Å². The third kappa shape index (κ3) is 2.46. The van der Waals surface area contributed by atoms with Crippen molar-refractivity contribution >= 4 is 21.5 Å². The Morgan fingerprint density at radius 2 is 1.94 bits per heavy atom. The van der Waals surface area contributed by atoms with E-state index in [1.54, 1.807) is 0 Å². The van der Waals surface area contributed by atoms with Crippen LogP contribution in [-0.4, -0.2) is 55.1 Å². The topological polar surface area (TPSA) is 112 Å². The molecule has 1 aromatic heterocycles. The second-order valence-corrected chi connectivity index (χ2v) is 6.10. The Labute approximate surface area is 104 Å². The number of aromatic nitrogens is 2. The van der Waals surface area contributed by atoms with Gasteiger partial charge in [-0.1, -0.05) is 0 Å². The molecule has 1 aliphatic heterocycles. The van der Waals surface area contributed by atoms with E-state index in [1.807, 2.05) is 4.90 Å². The van der Waals surface area contributed by atoms with Crippen LogP contribution in [0.5, 0.6) is 0 Å². The molecule has 100 valence electrons. The number of piperazine rings is 1. The van der Waals surface area contributed by atoms with Gasteiger partial charge in [0, 0.05) is 26.2 Å². The number of sulfonamides is 1. The largest absolute Gasteiger partial charge is 0.391 e. The van der Waals surface area contributed by atoms with Gasteiger partial charge in [0.15, 0.2) is 5.82 Å². The Kier molecular flexibility index (Phi) is 3.26. The van der Waals surface area contributed by atoms with Crippen molar-refractivity contribution in [1.82, 2.24) is 14.3 Å². The number of H-pyrrole nitrogens is 1. The molecule has 8 nitrogen and oxygen atoms in total. The molecule has 9 heteroatoms. The Bertz CT molecular complexity index is 588. The quantitative estimate of drug-likeness (QED) is 0.673. The molecule has 1 aliphatic rings. The van der Waals surface area contributed by atoms with Crippen LogP contribution in [0, 0.1) is 0 Å². The van der Waals surface area contributed by atoms with E-state index >= 15 is 0 Å². The van der Waals surface area contributed by atoms with Gasteiger partial charge in [-0.15, -0.1) is 0 Å². The highest BCUT2D eigenvalue weighted by Crippen LogP contribution is 2.17. The second kappa shape index (κ2) is 4.58. The first-order valence-electron chi connectivity index (χ1n) is 5.43. The van der Waals surface area contributed by atoms with Crippen LogP contribution < -0.4 is 16.2 Å². The molecule has 1 saturated heterocycles. The minimum atomic E-state index is -3.16. The van der Waals surface area contributed by atoms with Gasteiger partial charge in [-0.2, -0.15) is 4.31 Å². The normalized spacial score (nSPS) is 17.9. The van der Waals surface area contributed by atoms with E-state index < -0.39 is 10.0 Å². The van der Waals surface area contributed by atoms with Gasteiger partial charge < -0.3 is 15.6 Å². The zero-order valence-corrected chi connectivity index (χ0v) is 10.8. The predicted octanol–water partition coefficient (Wildman–Crippen LogP) is -1.57. The lowest BCUT2D eigenvalue weighted by molar-refractivity contribution is 0.387. The van der Waals surface area contributed by atoms with Crippen LogP contribution >= 0.6 is 0 Å². The molecule has 1 fully saturated rings. The molecule has 0 bridgehead atoms. The third-order valence-electron chi connectivity index (χ3n) is 2.88. The Morgan fingerprint density at radius 1 is 1.33 bits per heavy atom. The monoisotopic (exact) mass is 273 g/mol. The lowest BCUT2D eigenvalue weighted by Crippen LogP contribution is -2.49. The second-order valence-electron chi connectivity index (χ2n) is 4.12. The van der Waals surface area contributed by atoms with E-state index in [2.05, 4.69) is 9.97 Å². The van der Waals surface area contributed by atoms with Gasteiger partial charge in [0.2, 0.25) is 10.0 Å². The lowest BCUT2D eigenvalue weighted by atomic mass is 10.3. The summed E-state index contributed by atoms with van der Waals surface area (Å²) in [7, 11) is -3.16. The fourth-order valence-corrected chi connectivity index (χ4v) is 2.71. The molecule has 2 rings (SSSR count). The van der Waals surface area contributed by atoms with Crippen LogP contribution in [0.25, 0.3) is 0 Å². The van der Waals surface area contributed by atoms with Crippen molar-refractivity contribution in [2.75, 3.05) is 43.1 Å². The molecule has 2 heterocycles. The summed E-state index contributed by atoms with van der Waals surface area (Å²) in [6.07, 6.45) is 2.47. The number of hydrogen-bond acceptors (Lipinski definition) is 6. The highest BCUT2D eigenvalue weighted by molar-refractivity contribution is 7.88. The van der Waals surface area contributed by atoms with E-state index in [-0.39, 0.29) is 11.2 Å². The van der Waals surface area contributed by atoms with Crippen LogP contribution in [-0.2, 0) is 10.0 Å². The van der Waals surface area contributed by atoms with E-state index in [9.17, 15) is 13.2 Å². The van der Waals surface area contributed by atoms with Gasteiger partial charge in [0.25, 0.3) is 5.56 Å². The zero-order chi connectivity index (χ0) is 13.3. The first-order valence-corrected chi connectivity index (χ1v) is 7.27. The number of anilines is 2. The maximum Gasteiger partial charge on any atom is 0.276 e. The standard InChI is InChI=1S/C9H15N5O3S/c1-18(16,17)14-4-2-13(3-5-14)8-7(10)9(15)12-6-11-8/h6H,2-5,10H2,1H3,(H,11,12,15). The maximum atomic E-state index is 11.4. The fourth-order valence-electron chi connectivity index (χ4n) is 1.88. The summed E-state index contributed by atoms with van der Waals surface area (Å²) in [5.74, 6) is 0.409. The van der Waals surface area contributed by atoms with Crippen molar-refractivity contribution in [2.45, 2.75) is 0 Å². The van der Waals surface area contributed by atoms with E-state index in [0.717, 1.165) is 0 Å². The average molecular weight is 273 g/mol. The highest BCUT2D eigenvalue weighted by Gasteiger charge is 2.25. The summed E-state index contributed by atoms with van der Waals surface area (Å²) in [6, 6.07) is 0. The first-order chi connectivity index (χ1) is 8.39. The predicted molar refractivity (Wildman–Crippen MR) is 67.9 cm³/mol. The molecular formula is C9H15N5O3S. The number of aromatic amines is 1. The molecule has 0 radical (unpaired) electrons. The van der Waals surface area contributed by atoms with Crippen molar-refractivity contribution < 1.29 is 8.42 Å². The molecule has 1 aromatic rings. The number of nitrogen functional groups attached to an aromatic ring is 1. The van der Waals surface area contributed by atoms with E-state index in [1.165, 1.54) is 16.9 Å². The van der Waals surface area contributed by atoms with Crippen molar-refractivity contribution in [3.8, 4) is 0 Å². The highest BCUT2D eigenvalue weighted by atomic mass is 32.2. The van der Waals surface area contributed by atoms with Crippen LogP contribution in [0.15, 0.2) is 11.1 Å². The maximum absolute atomic E-state index is 11.4. The van der Waals surface area contributed by atoms with Gasteiger partial charge in [0.1, 0.15) is 5.69 Å². The van der Waals surface area contributed by atoms with Crippen LogP contribution in [0.4, 0.5) is 11.5 Å². The summed E-state index contributed by atoms with van der Waals surface area (Å²) in [5, 5.41) is 0. The average Bonchev–Trinajstić information content (AvgIpc) is 2.32. The van der Waals surface area contributed by atoms with Crippen molar-refractivity contribution in [3.63, 3.8) is 0 Å². The minimum Gasteiger partial charge on any atom is -0.391 e. The van der Waals surface area contributed by atoms with Crippen LogP contribution in [0.3, 0.4) is 0 Å². The lowest BCUT2D eigenvalue weighted by Gasteiger charge is -2.34. The Morgan fingerprint density at radius 3 is 2.50 bits per heavy atom. The van der Waals surface area contributed by atoms with Gasteiger partial charge in [-0.3, -0.25) is 4.79 Å². The third-order valence-corrected chi connectivity index (χ3v) is 4.18. The number of rotatable bonds is 2. The molecule has 0 atom stereocenters. The summed E-state index contributed by atoms with van der Waals surface area (Å²) in [6.45, 7) is 1.67. The number of hydrogen-bond donors (Lipinski definition) is 2. The summed E-state index contributed by atoms with van der Waals surface area (Å²) < 4.78 is 24.1. The number of nitrogens with one attached hydrogen (secondary N) is 1. The zero-order valence-electron chi connectivity index (χ0n) is 9.96. The molecule has 0 aliphatic carbocycles. The first kappa shape index (κ1) is 12.8. The molecule has 18 heavy (non-hydrogen) atoms. The minimum absolute atomic E-state index is 0.0605. The van der Waals surface area contributed by atoms with Crippen molar-refractivity contribution in [2.24, 2.45) is 0 Å². The van der Waals surface area contributed by atoms with Crippen LogP contribution in [0.2, 0.25) is 0 Å². The summed E-state index contributed by atoms with van der Waals surface area (Å²) >= 11 is 0. The van der Waals surface area contributed by atoms with Gasteiger partial charge in [-0.25, -0.2) is 13.4 Å². The van der Waals surface area contributed by atoms with E-state index in [0.29, 0.717) is 32.0 Å². The molecule has 3 N–H and O–H groups in total. The van der Waals surface area contributed by atoms with Crippen LogP contribution in [0.1, 0.15) is 0 Å². The molecule has 0 amide bonds. The molecular weight excluding hydrogens is 258 g/mol. The van der Waals surface area contributed by atoms with Crippen molar-refractivity contribution in [3.05, 3.63) is 16.7 Å². The molecule has 0 unspecified atom stereocenters. The smallest absolute Gasteiger partial charge is 0.276 e. The molecule has 0 aromatic carbocycles. The van der Waals surface area contributed by atoms with Gasteiger partial charge in [-0.05, 0) is 0 Å². The SMILES string of the molecule is CS(=O)(=O)N1CCN(c2nc[nH]c(=O)c2N)CC1. The molecule has 0 spiro atoms. The Hall–Kier alpha value is -1.61. The number of nitrogens with zero attached hydrogens (tertiary/aromatic N) is 3. The van der Waals surface area contributed by atoms with Gasteiger partial charge in [0.05, 0.1) is 12.6 Å². The summed E-state index contributed by atoms with van der Waals surface area (Å²) in [5.41, 5.74) is 5.33. The Balaban J connectivity index is 2.15. The summed E-state index contributed by atoms with van der Waals surface area (Å²) in [4.78, 5) is 19.6. The molecule has 0 saturated carbocycles. The van der Waals surface area contributed by atoms with Gasteiger partial charge >= 0.3 is 0 Å².